The topological polar surface area (TPSA) is 106 Å². The lowest BCUT2D eigenvalue weighted by Gasteiger charge is -2.32. The number of hydrogen-bond acceptors (Lipinski definition) is 6. The van der Waals surface area contributed by atoms with Crippen molar-refractivity contribution in [3.8, 4) is 0 Å². The molecule has 3 rings (SSSR count). The Hall–Kier alpha value is -1.39. The highest BCUT2D eigenvalue weighted by molar-refractivity contribution is 5.94. The summed E-state index contributed by atoms with van der Waals surface area (Å²) >= 11 is 0. The average molecular weight is 437 g/mol. The number of anilines is 1. The minimum atomic E-state index is -0.561. The molecule has 3 N–H and O–H groups in total. The van der Waals surface area contributed by atoms with Gasteiger partial charge in [-0.1, -0.05) is 0 Å². The van der Waals surface area contributed by atoms with Gasteiger partial charge in [-0.2, -0.15) is 5.10 Å². The molecule has 2 fully saturated rings. The summed E-state index contributed by atoms with van der Waals surface area (Å²) in [5.74, 6) is -0.0440. The number of hydrogen-bond donors (Lipinski definition) is 2. The number of carbonyl (C=O) groups excluding carboxylic acids is 2. The highest BCUT2D eigenvalue weighted by Gasteiger charge is 2.27. The maximum atomic E-state index is 12.3. The largest absolute Gasteiger partial charge is 0.381 e. The normalized spacial score (nSPS) is 19.3. The molecule has 28 heavy (non-hydrogen) atoms. The van der Waals surface area contributed by atoms with Gasteiger partial charge in [0.05, 0.1) is 17.9 Å². The predicted molar refractivity (Wildman–Crippen MR) is 111 cm³/mol. The van der Waals surface area contributed by atoms with Crippen LogP contribution in [0.3, 0.4) is 0 Å². The average Bonchev–Trinajstić information content (AvgIpc) is 3.09. The van der Waals surface area contributed by atoms with E-state index in [-0.39, 0.29) is 49.1 Å². The highest BCUT2D eigenvalue weighted by atomic mass is 35.5. The molecule has 0 aromatic carbocycles. The number of rotatable bonds is 5. The third-order valence-electron chi connectivity index (χ3n) is 5.13. The van der Waals surface area contributed by atoms with Crippen LogP contribution >= 0.6 is 24.8 Å². The lowest BCUT2D eigenvalue weighted by Crippen LogP contribution is -2.48. The van der Waals surface area contributed by atoms with Gasteiger partial charge in [0.2, 0.25) is 11.8 Å². The van der Waals surface area contributed by atoms with Crippen molar-refractivity contribution in [1.82, 2.24) is 19.6 Å². The molecule has 9 nitrogen and oxygen atoms in total. The molecule has 1 atom stereocenters. The maximum absolute atomic E-state index is 12.3. The first-order chi connectivity index (χ1) is 12.5. The number of amides is 2. The van der Waals surface area contributed by atoms with Crippen LogP contribution in [0.15, 0.2) is 12.4 Å². The molecule has 1 aromatic heterocycles. The lowest BCUT2D eigenvalue weighted by molar-refractivity contribution is -0.133. The maximum Gasteiger partial charge on any atom is 0.244 e. The molecule has 2 amide bonds. The summed E-state index contributed by atoms with van der Waals surface area (Å²) in [4.78, 5) is 28.7. The van der Waals surface area contributed by atoms with E-state index in [1.807, 2.05) is 4.90 Å². The summed E-state index contributed by atoms with van der Waals surface area (Å²) in [6.07, 6.45) is 4.81. The van der Waals surface area contributed by atoms with Crippen molar-refractivity contribution >= 4 is 42.3 Å². The van der Waals surface area contributed by atoms with Crippen molar-refractivity contribution in [2.75, 3.05) is 51.8 Å². The molecule has 11 heteroatoms. The van der Waals surface area contributed by atoms with Gasteiger partial charge in [-0.15, -0.1) is 24.8 Å². The van der Waals surface area contributed by atoms with E-state index in [0.717, 1.165) is 39.0 Å². The van der Waals surface area contributed by atoms with Gasteiger partial charge in [0.1, 0.15) is 6.54 Å². The minimum absolute atomic E-state index is 0. The van der Waals surface area contributed by atoms with Gasteiger partial charge in [-0.05, 0) is 25.8 Å². The van der Waals surface area contributed by atoms with E-state index < -0.39 is 6.04 Å². The van der Waals surface area contributed by atoms with Crippen molar-refractivity contribution < 1.29 is 14.3 Å². The summed E-state index contributed by atoms with van der Waals surface area (Å²) in [6, 6.07) is -0.561. The van der Waals surface area contributed by atoms with Gasteiger partial charge >= 0.3 is 0 Å². The molecule has 160 valence electrons. The summed E-state index contributed by atoms with van der Waals surface area (Å²) < 4.78 is 6.86. The van der Waals surface area contributed by atoms with E-state index in [2.05, 4.69) is 22.4 Å². The molecule has 3 heterocycles. The fourth-order valence-electron chi connectivity index (χ4n) is 3.32. The summed E-state index contributed by atoms with van der Waals surface area (Å²) in [7, 11) is 2.05. The Morgan fingerprint density at radius 1 is 1.25 bits per heavy atom. The monoisotopic (exact) mass is 436 g/mol. The van der Waals surface area contributed by atoms with Crippen LogP contribution in [0.25, 0.3) is 0 Å². The molecular formula is C17H30Cl2N6O3. The molecule has 0 aliphatic carbocycles. The molecule has 0 spiro atoms. The number of piperazine rings is 1. The Kier molecular flexibility index (Phi) is 10.2. The van der Waals surface area contributed by atoms with Crippen LogP contribution in [0.1, 0.15) is 12.8 Å². The molecule has 1 aromatic rings. The molecule has 1 unspecified atom stereocenters. The molecule has 0 saturated carbocycles. The van der Waals surface area contributed by atoms with Crippen LogP contribution in [-0.2, 0) is 20.9 Å². The first-order valence-corrected chi connectivity index (χ1v) is 9.16. The Morgan fingerprint density at radius 3 is 2.54 bits per heavy atom. The van der Waals surface area contributed by atoms with E-state index in [1.165, 1.54) is 0 Å². The second-order valence-corrected chi connectivity index (χ2v) is 7.08. The first-order valence-electron chi connectivity index (χ1n) is 9.16. The molecule has 0 bridgehead atoms. The zero-order valence-corrected chi connectivity index (χ0v) is 17.7. The second-order valence-electron chi connectivity index (χ2n) is 7.08. The van der Waals surface area contributed by atoms with Gasteiger partial charge in [-0.25, -0.2) is 0 Å². The lowest BCUT2D eigenvalue weighted by atomic mass is 9.92. The smallest absolute Gasteiger partial charge is 0.244 e. The standard InChI is InChI=1S/C17H28N6O3.2ClH/c1-21-4-6-22(7-5-21)15(24)12-23-11-14(10-19-23)20-17(25)16(18)13-2-8-26-9-3-13;;/h10-11,13,16H,2-9,12,18H2,1H3,(H,20,25);2*1H. The number of likely N-dealkylation sites (N-methyl/N-ethyl adjacent to an activating group) is 1. The number of nitrogens with one attached hydrogen (secondary N) is 1. The zero-order valence-electron chi connectivity index (χ0n) is 16.1. The number of nitrogens with zero attached hydrogens (tertiary/aromatic N) is 4. The van der Waals surface area contributed by atoms with Gasteiger partial charge in [0.15, 0.2) is 0 Å². The van der Waals surface area contributed by atoms with E-state index in [4.69, 9.17) is 10.5 Å². The molecule has 0 radical (unpaired) electrons. The zero-order chi connectivity index (χ0) is 18.5. The van der Waals surface area contributed by atoms with E-state index in [1.54, 1.807) is 17.1 Å². The Bertz CT molecular complexity index is 630. The molecule has 2 aliphatic heterocycles. The fourth-order valence-corrected chi connectivity index (χ4v) is 3.32. The number of nitrogens with two attached hydrogens (primary N) is 1. The van der Waals surface area contributed by atoms with Crippen molar-refractivity contribution in [2.45, 2.75) is 25.4 Å². The molecular weight excluding hydrogens is 407 g/mol. The van der Waals surface area contributed by atoms with Crippen molar-refractivity contribution in [3.63, 3.8) is 0 Å². The Labute approximate surface area is 177 Å². The Morgan fingerprint density at radius 2 is 1.89 bits per heavy atom. The van der Waals surface area contributed by atoms with E-state index in [0.29, 0.717) is 18.9 Å². The number of halogens is 2. The number of aromatic nitrogens is 2. The van der Waals surface area contributed by atoms with E-state index in [9.17, 15) is 9.59 Å². The minimum Gasteiger partial charge on any atom is -0.381 e. The van der Waals surface area contributed by atoms with E-state index >= 15 is 0 Å². The Balaban J connectivity index is 0.00000196. The van der Waals surface area contributed by atoms with Gasteiger partial charge in [0, 0.05) is 45.6 Å². The van der Waals surface area contributed by atoms with Crippen molar-refractivity contribution in [3.05, 3.63) is 12.4 Å². The molecule has 2 saturated heterocycles. The van der Waals surface area contributed by atoms with Gasteiger partial charge in [0.25, 0.3) is 0 Å². The third-order valence-corrected chi connectivity index (χ3v) is 5.13. The quantitative estimate of drug-likeness (QED) is 0.682. The van der Waals surface area contributed by atoms with Crippen LogP contribution in [0.2, 0.25) is 0 Å². The van der Waals surface area contributed by atoms with Crippen molar-refractivity contribution in [1.29, 1.82) is 0 Å². The summed E-state index contributed by atoms with van der Waals surface area (Å²) in [5.41, 5.74) is 6.64. The van der Waals surface area contributed by atoms with Gasteiger partial charge < -0.3 is 25.6 Å². The molecule has 2 aliphatic rings. The fraction of sp³-hybridized carbons (Fsp3) is 0.706. The highest BCUT2D eigenvalue weighted by Crippen LogP contribution is 2.18. The predicted octanol–water partition coefficient (Wildman–Crippen LogP) is 0.193. The van der Waals surface area contributed by atoms with Crippen LogP contribution in [0.4, 0.5) is 5.69 Å². The second kappa shape index (κ2) is 11.6. The summed E-state index contributed by atoms with van der Waals surface area (Å²) in [5, 5.41) is 6.97. The van der Waals surface area contributed by atoms with Gasteiger partial charge in [-0.3, -0.25) is 14.3 Å². The number of ether oxygens (including phenoxy) is 1. The van der Waals surface area contributed by atoms with Crippen LogP contribution in [-0.4, -0.2) is 83.9 Å². The van der Waals surface area contributed by atoms with Crippen LogP contribution < -0.4 is 11.1 Å². The van der Waals surface area contributed by atoms with Crippen LogP contribution in [0.5, 0.6) is 0 Å². The SMILES string of the molecule is CN1CCN(C(=O)Cn2cc(NC(=O)C(N)C3CCOCC3)cn2)CC1.Cl.Cl. The number of carbonyl (C=O) groups is 2. The first kappa shape index (κ1) is 24.6. The third kappa shape index (κ3) is 6.59. The summed E-state index contributed by atoms with van der Waals surface area (Å²) in [6.45, 7) is 4.72. The van der Waals surface area contributed by atoms with Crippen LogP contribution in [0, 0.1) is 5.92 Å². The van der Waals surface area contributed by atoms with Crippen molar-refractivity contribution in [2.24, 2.45) is 11.7 Å².